The molecule has 0 atom stereocenters. The summed E-state index contributed by atoms with van der Waals surface area (Å²) in [7, 11) is 2.06. The summed E-state index contributed by atoms with van der Waals surface area (Å²) in [4.78, 5) is 0. The summed E-state index contributed by atoms with van der Waals surface area (Å²) in [6.45, 7) is 12.1. The zero-order valence-corrected chi connectivity index (χ0v) is 40.4. The number of rotatable bonds is 6. The van der Waals surface area contributed by atoms with E-state index in [0.717, 1.165) is 57.5 Å². The van der Waals surface area contributed by atoms with Crippen molar-refractivity contribution in [2.45, 2.75) is 34.6 Å². The Morgan fingerprint density at radius 1 is 0.471 bits per heavy atom. The number of aromatic nitrogens is 2. The van der Waals surface area contributed by atoms with Gasteiger partial charge in [0.1, 0.15) is 5.69 Å². The monoisotopic (exact) mass is 928 g/mol. The molecule has 9 nitrogen and oxygen atoms in total. The molecule has 0 saturated heterocycles. The number of benzene rings is 8. The van der Waals surface area contributed by atoms with Crippen LogP contribution in [0.4, 0.5) is 0 Å². The van der Waals surface area contributed by atoms with Gasteiger partial charge in [0.25, 0.3) is 0 Å². The molecule has 70 heavy (non-hydrogen) atoms. The van der Waals surface area contributed by atoms with Gasteiger partial charge in [-0.2, -0.15) is 0 Å². The number of phenols is 5. The van der Waals surface area contributed by atoms with Gasteiger partial charge in [-0.3, -0.25) is 5.32 Å². The fourth-order valence-electron chi connectivity index (χ4n) is 9.08. The summed E-state index contributed by atoms with van der Waals surface area (Å²) < 4.78 is 3.75. The first-order valence-electron chi connectivity index (χ1n) is 23.8. The van der Waals surface area contributed by atoms with Crippen molar-refractivity contribution in [2.75, 3.05) is 13.2 Å². The van der Waals surface area contributed by atoms with E-state index in [1.807, 2.05) is 69.3 Å². The van der Waals surface area contributed by atoms with Gasteiger partial charge in [-0.25, -0.2) is 0 Å². The highest BCUT2D eigenvalue weighted by atomic mass is 16.4. The number of fused-ring (bicyclic) bond motifs is 6. The summed E-state index contributed by atoms with van der Waals surface area (Å²) in [5, 5.41) is 62.3. The van der Waals surface area contributed by atoms with Gasteiger partial charge < -0.3 is 40.0 Å². The standard InChI is InChI=1S/C31H22N2O5.C22H20N2.C6H12.C2H6/c1-32-22-8-4-2-6-18(22)20-14-16(10-12-23(20)32)17-11-13-25-21(15-17)19-7-3-5-9-24(19)33(25)26-27(34)29(36)31(38)30(37)28(26)35;1-2-5-17(6-3-1)20-7-4-8-21(13-20)18-9-11-19(12-10-18)22-14-23-16-24-15-22;1-4-5-6(2)3;1-2/h2-15,34-38H,1H3;1-14,23-24H,15-16H2;4-6H,1-3H3;1-2H3/b;;5-4-;. The molecule has 0 radical (unpaired) electrons. The molecule has 11 rings (SSSR count). The van der Waals surface area contributed by atoms with Crippen LogP contribution < -0.4 is 10.6 Å². The molecule has 0 spiro atoms. The molecule has 1 aliphatic heterocycles. The van der Waals surface area contributed by atoms with Gasteiger partial charge in [0.15, 0.2) is 11.5 Å². The van der Waals surface area contributed by atoms with Gasteiger partial charge >= 0.3 is 0 Å². The number of nitrogens with zero attached hydrogens (tertiary/aromatic N) is 2. The molecule has 3 heterocycles. The van der Waals surface area contributed by atoms with E-state index in [2.05, 4.69) is 170 Å². The van der Waals surface area contributed by atoms with E-state index in [9.17, 15) is 25.5 Å². The minimum atomic E-state index is -0.990. The summed E-state index contributed by atoms with van der Waals surface area (Å²) in [5.74, 6) is -3.59. The van der Waals surface area contributed by atoms with Gasteiger partial charge in [-0.1, -0.05) is 161 Å². The van der Waals surface area contributed by atoms with Crippen molar-refractivity contribution in [1.29, 1.82) is 0 Å². The van der Waals surface area contributed by atoms with E-state index in [1.54, 1.807) is 4.57 Å². The Morgan fingerprint density at radius 3 is 1.49 bits per heavy atom. The van der Waals surface area contributed by atoms with Crippen LogP contribution in [0.15, 0.2) is 182 Å². The molecule has 1 aliphatic rings. The van der Waals surface area contributed by atoms with Crippen LogP contribution in [0.3, 0.4) is 0 Å². The lowest BCUT2D eigenvalue weighted by Gasteiger charge is -2.16. The van der Waals surface area contributed by atoms with Crippen LogP contribution in [0, 0.1) is 5.92 Å². The van der Waals surface area contributed by atoms with Crippen LogP contribution in [-0.4, -0.2) is 47.9 Å². The van der Waals surface area contributed by atoms with Gasteiger partial charge in [-0.05, 0) is 99.8 Å². The lowest BCUT2D eigenvalue weighted by molar-refractivity contribution is 0.327. The predicted octanol–water partition coefficient (Wildman–Crippen LogP) is 14.4. The van der Waals surface area contributed by atoms with Gasteiger partial charge in [0, 0.05) is 52.4 Å². The largest absolute Gasteiger partial charge is 0.503 e. The first-order chi connectivity index (χ1) is 34.0. The van der Waals surface area contributed by atoms with Crippen LogP contribution in [0.5, 0.6) is 28.7 Å². The zero-order chi connectivity index (χ0) is 49.5. The van der Waals surface area contributed by atoms with Crippen molar-refractivity contribution < 1.29 is 25.5 Å². The SMILES string of the molecule is C/C=C\C(C)C.C1=C(c2ccc(-c3cccc(-c4ccccc4)c3)cc2)CNCN1.CC.Cn1c2ccccc2c2cc(-c3ccc4c(c3)c3ccccc3n4-c3c(O)c(O)c(O)c(O)c3O)ccc21. The highest BCUT2D eigenvalue weighted by Gasteiger charge is 2.27. The number of hydrogen-bond donors (Lipinski definition) is 7. The van der Waals surface area contributed by atoms with Gasteiger partial charge in [0.05, 0.1) is 17.7 Å². The van der Waals surface area contributed by atoms with Crippen molar-refractivity contribution in [3.8, 4) is 67.8 Å². The van der Waals surface area contributed by atoms with Crippen LogP contribution in [-0.2, 0) is 7.05 Å². The topological polar surface area (TPSA) is 135 Å². The van der Waals surface area contributed by atoms with E-state index in [4.69, 9.17) is 0 Å². The van der Waals surface area contributed by atoms with Crippen molar-refractivity contribution in [3.63, 3.8) is 0 Å². The Hall–Kier alpha value is -8.40. The Labute approximate surface area is 409 Å². The van der Waals surface area contributed by atoms with E-state index < -0.39 is 28.7 Å². The third-order valence-electron chi connectivity index (χ3n) is 12.4. The van der Waals surface area contributed by atoms with E-state index in [1.165, 1.54) is 38.8 Å². The fraction of sp³-hybridized carbons (Fsp3) is 0.148. The summed E-state index contributed by atoms with van der Waals surface area (Å²) in [6, 6.07) is 56.1. The molecule has 0 unspecified atom stereocenters. The van der Waals surface area contributed by atoms with Crippen molar-refractivity contribution >= 4 is 49.2 Å². The first kappa shape index (κ1) is 48.1. The molecule has 7 N–H and O–H groups in total. The van der Waals surface area contributed by atoms with Crippen LogP contribution >= 0.6 is 0 Å². The molecule has 0 bridgehead atoms. The normalized spacial score (nSPS) is 12.2. The van der Waals surface area contributed by atoms with Crippen molar-refractivity contribution in [3.05, 3.63) is 188 Å². The quantitative estimate of drug-likeness (QED) is 0.0501. The summed E-state index contributed by atoms with van der Waals surface area (Å²) in [6.07, 6.45) is 6.34. The highest BCUT2D eigenvalue weighted by Crippen LogP contribution is 2.54. The van der Waals surface area contributed by atoms with Crippen molar-refractivity contribution in [2.24, 2.45) is 13.0 Å². The average molecular weight is 929 g/mol. The summed E-state index contributed by atoms with van der Waals surface area (Å²) >= 11 is 0. The van der Waals surface area contributed by atoms with Gasteiger partial charge in [0.2, 0.25) is 17.2 Å². The molecule has 0 amide bonds. The smallest absolute Gasteiger partial charge is 0.208 e. The Kier molecular flexibility index (Phi) is 14.6. The first-order valence-corrected chi connectivity index (χ1v) is 23.8. The molecule has 2 aromatic heterocycles. The number of phenolic OH excluding ortho intramolecular Hbond substituents is 5. The minimum absolute atomic E-state index is 0.228. The van der Waals surface area contributed by atoms with Crippen LogP contribution in [0.2, 0.25) is 0 Å². The van der Waals surface area contributed by atoms with Crippen molar-refractivity contribution in [1.82, 2.24) is 19.8 Å². The van der Waals surface area contributed by atoms with E-state index >= 15 is 0 Å². The highest BCUT2D eigenvalue weighted by molar-refractivity contribution is 6.12. The maximum absolute atomic E-state index is 10.7. The number of para-hydroxylation sites is 2. The molecule has 9 heteroatoms. The third kappa shape index (κ3) is 9.52. The minimum Gasteiger partial charge on any atom is -0.503 e. The molecule has 0 fully saturated rings. The number of aryl methyl sites for hydroxylation is 1. The predicted molar refractivity (Wildman–Crippen MR) is 291 cm³/mol. The van der Waals surface area contributed by atoms with E-state index in [0.29, 0.717) is 11.0 Å². The zero-order valence-electron chi connectivity index (χ0n) is 40.4. The molecule has 8 aromatic carbocycles. The lowest BCUT2D eigenvalue weighted by Crippen LogP contribution is -2.31. The van der Waals surface area contributed by atoms with E-state index in [-0.39, 0.29) is 5.69 Å². The number of allylic oxidation sites excluding steroid dienone is 2. The van der Waals surface area contributed by atoms with Gasteiger partial charge in [-0.15, -0.1) is 0 Å². The number of nitrogens with one attached hydrogen (secondary N) is 2. The average Bonchev–Trinajstić information content (AvgIpc) is 3.89. The summed E-state index contributed by atoms with van der Waals surface area (Å²) in [5.41, 5.74) is 12.9. The second kappa shape index (κ2) is 21.3. The lowest BCUT2D eigenvalue weighted by atomic mass is 9.97. The number of hydrogen-bond acceptors (Lipinski definition) is 7. The molecule has 354 valence electrons. The maximum atomic E-state index is 10.7. The maximum Gasteiger partial charge on any atom is 0.208 e. The Balaban J connectivity index is 0.000000176. The van der Waals surface area contributed by atoms with Crippen LogP contribution in [0.25, 0.3) is 88.3 Å². The second-order valence-corrected chi connectivity index (χ2v) is 17.3. The molecular formula is C61H60N4O5. The third-order valence-corrected chi connectivity index (χ3v) is 12.4. The van der Waals surface area contributed by atoms with Crippen LogP contribution in [0.1, 0.15) is 40.2 Å². The Bertz CT molecular complexity index is 3480. The Morgan fingerprint density at radius 2 is 0.914 bits per heavy atom. The molecule has 10 aromatic rings. The number of aromatic hydroxyl groups is 5. The second-order valence-electron chi connectivity index (χ2n) is 17.3. The molecule has 0 aliphatic carbocycles. The molecular weight excluding hydrogens is 869 g/mol. The fourth-order valence-corrected chi connectivity index (χ4v) is 9.08. The molecule has 0 saturated carbocycles.